The maximum atomic E-state index is 13.5. The van der Waals surface area contributed by atoms with Gasteiger partial charge in [0.1, 0.15) is 70.9 Å². The van der Waals surface area contributed by atoms with Gasteiger partial charge in [0.05, 0.1) is 13.2 Å². The Morgan fingerprint density at radius 1 is 0.805 bits per heavy atom. The molecule has 9 atom stereocenters. The van der Waals surface area contributed by atoms with Gasteiger partial charge in [0.25, 0.3) is 0 Å². The monoisotopic (exact) mass is 580 g/mol. The number of aliphatic hydroxyl groups excluding tert-OH is 6. The lowest BCUT2D eigenvalue weighted by Crippen LogP contribution is -2.61. The number of aromatic hydroxyl groups is 3. The van der Waals surface area contributed by atoms with Gasteiger partial charge in [0.15, 0.2) is 12.1 Å². The van der Waals surface area contributed by atoms with Crippen molar-refractivity contribution in [2.24, 2.45) is 0 Å². The highest BCUT2D eigenvalue weighted by Gasteiger charge is 2.47. The lowest BCUT2D eigenvalue weighted by atomic mass is 9.99. The summed E-state index contributed by atoms with van der Waals surface area (Å²) in [6.45, 7) is -0.918. The van der Waals surface area contributed by atoms with E-state index in [0.717, 1.165) is 12.1 Å². The maximum absolute atomic E-state index is 13.5. The van der Waals surface area contributed by atoms with E-state index in [2.05, 4.69) is 0 Å². The van der Waals surface area contributed by atoms with Gasteiger partial charge in [-0.05, 0) is 24.3 Å². The van der Waals surface area contributed by atoms with Crippen molar-refractivity contribution in [2.45, 2.75) is 55.3 Å². The van der Waals surface area contributed by atoms with Crippen molar-refractivity contribution < 1.29 is 69.3 Å². The molecule has 15 nitrogen and oxygen atoms in total. The Morgan fingerprint density at radius 3 is 2.20 bits per heavy atom. The minimum atomic E-state index is -1.91. The molecule has 15 heteroatoms. The first-order valence-electron chi connectivity index (χ1n) is 12.4. The molecule has 222 valence electrons. The second-order valence-corrected chi connectivity index (χ2v) is 9.69. The summed E-state index contributed by atoms with van der Waals surface area (Å²) in [6.07, 6.45) is -14.8. The Kier molecular flexibility index (Phi) is 8.06. The molecule has 41 heavy (non-hydrogen) atoms. The average molecular weight is 580 g/mol. The molecule has 0 bridgehead atoms. The van der Waals surface area contributed by atoms with Gasteiger partial charge >= 0.3 is 0 Å². The van der Waals surface area contributed by atoms with E-state index in [9.17, 15) is 50.8 Å². The summed E-state index contributed by atoms with van der Waals surface area (Å²) in [4.78, 5) is 13.5. The molecule has 2 saturated heterocycles. The predicted octanol–water partition coefficient (Wildman–Crippen LogP) is -1.78. The first-order chi connectivity index (χ1) is 19.5. The molecular formula is C26H28O15. The summed E-state index contributed by atoms with van der Waals surface area (Å²) in [5.41, 5.74) is -0.954. The maximum Gasteiger partial charge on any atom is 0.239 e. The lowest BCUT2D eigenvalue weighted by molar-refractivity contribution is -0.307. The molecule has 0 aliphatic carbocycles. The van der Waals surface area contributed by atoms with E-state index >= 15 is 0 Å². The fraction of sp³-hybridized carbons (Fsp3) is 0.423. The molecule has 2 aliphatic heterocycles. The van der Waals surface area contributed by atoms with Gasteiger partial charge in [-0.2, -0.15) is 0 Å². The van der Waals surface area contributed by atoms with Gasteiger partial charge in [-0.25, -0.2) is 0 Å². The first-order valence-corrected chi connectivity index (χ1v) is 12.4. The fourth-order valence-electron chi connectivity index (χ4n) is 4.56. The van der Waals surface area contributed by atoms with E-state index < -0.39 is 84.6 Å². The quantitative estimate of drug-likeness (QED) is 0.156. The molecule has 5 rings (SSSR count). The van der Waals surface area contributed by atoms with Crippen molar-refractivity contribution in [3.05, 3.63) is 46.6 Å². The Morgan fingerprint density at radius 2 is 1.49 bits per heavy atom. The lowest BCUT2D eigenvalue weighted by Gasteiger charge is -2.41. The van der Waals surface area contributed by atoms with Gasteiger partial charge in [-0.1, -0.05) is 0 Å². The average Bonchev–Trinajstić information content (AvgIpc) is 2.93. The summed E-state index contributed by atoms with van der Waals surface area (Å²) < 4.78 is 27.6. The number of phenols is 3. The highest BCUT2D eigenvalue weighted by atomic mass is 16.7. The van der Waals surface area contributed by atoms with Crippen molar-refractivity contribution in [1.29, 1.82) is 0 Å². The van der Waals surface area contributed by atoms with Crippen LogP contribution in [0.4, 0.5) is 0 Å². The molecular weight excluding hydrogens is 552 g/mol. The number of benzene rings is 2. The normalized spacial score (nSPS) is 32.2. The Bertz CT molecular complexity index is 1440. The molecule has 0 unspecified atom stereocenters. The second-order valence-electron chi connectivity index (χ2n) is 9.69. The van der Waals surface area contributed by atoms with Crippen LogP contribution in [0.2, 0.25) is 0 Å². The van der Waals surface area contributed by atoms with Crippen LogP contribution in [0.3, 0.4) is 0 Å². The molecule has 0 saturated carbocycles. The molecule has 1 aromatic heterocycles. The smallest absolute Gasteiger partial charge is 0.239 e. The molecule has 0 spiro atoms. The van der Waals surface area contributed by atoms with E-state index in [0.29, 0.717) is 0 Å². The summed E-state index contributed by atoms with van der Waals surface area (Å²) in [6, 6.07) is 7.33. The molecule has 2 aliphatic rings. The summed E-state index contributed by atoms with van der Waals surface area (Å²) in [5.74, 6) is -1.97. The largest absolute Gasteiger partial charge is 0.508 e. The second kappa shape index (κ2) is 11.4. The van der Waals surface area contributed by atoms with Crippen LogP contribution in [0.15, 0.2) is 45.6 Å². The minimum absolute atomic E-state index is 0.102. The molecule has 2 fully saturated rings. The fourth-order valence-corrected chi connectivity index (χ4v) is 4.56. The van der Waals surface area contributed by atoms with Gasteiger partial charge in [0, 0.05) is 17.7 Å². The van der Waals surface area contributed by atoms with Crippen molar-refractivity contribution >= 4 is 11.0 Å². The Labute approximate surface area is 230 Å². The molecule has 9 N–H and O–H groups in total. The van der Waals surface area contributed by atoms with E-state index in [4.69, 9.17) is 23.4 Å². The van der Waals surface area contributed by atoms with Crippen LogP contribution < -0.4 is 10.2 Å². The SMILES string of the molecule is O=c1c(O[C@@H]2O[C@H](CO[C@H]3OC[C@@H](O)[C@H](O)[C@H]3O)[C@H](O)[C@H](O)[C@H]2O)c(-c2ccc(O)cc2)oc2cc(O)cc(O)c12. The van der Waals surface area contributed by atoms with Crippen LogP contribution in [0.1, 0.15) is 0 Å². The minimum Gasteiger partial charge on any atom is -0.508 e. The molecule has 2 aromatic carbocycles. The predicted molar refractivity (Wildman–Crippen MR) is 134 cm³/mol. The van der Waals surface area contributed by atoms with Crippen LogP contribution >= 0.6 is 0 Å². The van der Waals surface area contributed by atoms with Gasteiger partial charge in [0.2, 0.25) is 17.5 Å². The number of phenolic OH excluding ortho intramolecular Hbond substituents is 3. The highest BCUT2D eigenvalue weighted by Crippen LogP contribution is 2.37. The van der Waals surface area contributed by atoms with Crippen LogP contribution in [-0.4, -0.2) is 114 Å². The van der Waals surface area contributed by atoms with E-state index in [1.54, 1.807) is 0 Å². The zero-order valence-corrected chi connectivity index (χ0v) is 21.0. The Hall–Kier alpha value is -3.51. The number of rotatable bonds is 6. The van der Waals surface area contributed by atoms with Crippen molar-refractivity contribution in [2.75, 3.05) is 13.2 Å². The number of ether oxygens (including phenoxy) is 4. The Balaban J connectivity index is 1.46. The third-order valence-electron chi connectivity index (χ3n) is 6.83. The van der Waals surface area contributed by atoms with Gasteiger partial charge in [-0.3, -0.25) is 4.79 Å². The molecule has 3 heterocycles. The van der Waals surface area contributed by atoms with E-state index in [1.807, 2.05) is 0 Å². The van der Waals surface area contributed by atoms with Gasteiger partial charge < -0.3 is 69.3 Å². The molecule has 3 aromatic rings. The van der Waals surface area contributed by atoms with E-state index in [-0.39, 0.29) is 34.6 Å². The van der Waals surface area contributed by atoms with Crippen LogP contribution in [-0.2, 0) is 14.2 Å². The number of hydrogen-bond donors (Lipinski definition) is 9. The van der Waals surface area contributed by atoms with Crippen molar-refractivity contribution in [3.63, 3.8) is 0 Å². The third-order valence-corrected chi connectivity index (χ3v) is 6.83. The highest BCUT2D eigenvalue weighted by molar-refractivity contribution is 5.88. The topological polar surface area (TPSA) is 249 Å². The summed E-state index contributed by atoms with van der Waals surface area (Å²) in [5, 5.41) is 90.6. The third kappa shape index (κ3) is 5.54. The summed E-state index contributed by atoms with van der Waals surface area (Å²) >= 11 is 0. The number of hydrogen-bond acceptors (Lipinski definition) is 15. The first kappa shape index (κ1) is 29.0. The molecule has 0 amide bonds. The number of fused-ring (bicyclic) bond motifs is 1. The zero-order chi connectivity index (χ0) is 29.6. The van der Waals surface area contributed by atoms with Crippen molar-refractivity contribution in [3.8, 4) is 34.3 Å². The van der Waals surface area contributed by atoms with Crippen LogP contribution in [0, 0.1) is 0 Å². The van der Waals surface area contributed by atoms with Crippen LogP contribution in [0.25, 0.3) is 22.3 Å². The zero-order valence-electron chi connectivity index (χ0n) is 21.0. The standard InChI is InChI=1S/C26H28O15/c27-10-3-1-9(2-4-10)23-24(19(33)16-12(29)5-11(28)6-14(16)39-23)41-26-22(36)20(34)18(32)15(40-26)8-38-25-21(35)17(31)13(30)7-37-25/h1-6,13,15,17-18,20-22,25-32,34-36H,7-8H2/t13-,15-,17+,18+,20+,21-,22-,25-,26+/m1/s1. The van der Waals surface area contributed by atoms with Crippen LogP contribution in [0.5, 0.6) is 23.0 Å². The molecule has 0 radical (unpaired) electrons. The van der Waals surface area contributed by atoms with Gasteiger partial charge in [-0.15, -0.1) is 0 Å². The number of aliphatic hydroxyl groups is 6. The summed E-state index contributed by atoms with van der Waals surface area (Å²) in [7, 11) is 0. The van der Waals surface area contributed by atoms with E-state index in [1.165, 1.54) is 24.3 Å². The van der Waals surface area contributed by atoms with Crippen molar-refractivity contribution in [1.82, 2.24) is 0 Å².